The lowest BCUT2D eigenvalue weighted by molar-refractivity contribution is -0.153. The number of para-hydroxylation sites is 1. The standard InChI is InChI=1S/C16H18N2O3S/c17-14(19)9-21-16(20)11-6-2-1-5-10(11)15-18-12-7-3-4-8-13(12)22-15/h3-4,7-8,10-11H,1-2,5-6,9H2,(H2,17,19)/t10-,11+/m0/s1. The van der Waals surface area contributed by atoms with Crippen LogP contribution in [0.2, 0.25) is 0 Å². The van der Waals surface area contributed by atoms with Crippen LogP contribution in [0.1, 0.15) is 36.6 Å². The van der Waals surface area contributed by atoms with Crippen LogP contribution >= 0.6 is 11.3 Å². The van der Waals surface area contributed by atoms with E-state index in [2.05, 4.69) is 4.98 Å². The highest BCUT2D eigenvalue weighted by Gasteiger charge is 2.35. The molecule has 0 bridgehead atoms. The van der Waals surface area contributed by atoms with Crippen molar-refractivity contribution in [3.05, 3.63) is 29.3 Å². The average molecular weight is 318 g/mol. The normalized spacial score (nSPS) is 21.6. The minimum atomic E-state index is -0.624. The maximum Gasteiger partial charge on any atom is 0.310 e. The quantitative estimate of drug-likeness (QED) is 0.878. The zero-order chi connectivity index (χ0) is 15.5. The zero-order valence-electron chi connectivity index (χ0n) is 12.2. The number of esters is 1. The number of rotatable bonds is 4. The Morgan fingerprint density at radius 3 is 2.82 bits per heavy atom. The molecule has 2 atom stereocenters. The van der Waals surface area contributed by atoms with Crippen LogP contribution in [-0.2, 0) is 14.3 Å². The summed E-state index contributed by atoms with van der Waals surface area (Å²) < 4.78 is 6.16. The molecule has 1 fully saturated rings. The van der Waals surface area contributed by atoms with E-state index < -0.39 is 5.91 Å². The number of amides is 1. The summed E-state index contributed by atoms with van der Waals surface area (Å²) in [6, 6.07) is 7.98. The monoisotopic (exact) mass is 318 g/mol. The third-order valence-corrected chi connectivity index (χ3v) is 5.22. The minimum Gasteiger partial charge on any atom is -0.455 e. The first kappa shape index (κ1) is 15.0. The number of primary amides is 1. The Hall–Kier alpha value is -1.95. The minimum absolute atomic E-state index is 0.0755. The van der Waals surface area contributed by atoms with Gasteiger partial charge in [-0.25, -0.2) is 4.98 Å². The van der Waals surface area contributed by atoms with Crippen molar-refractivity contribution in [1.29, 1.82) is 0 Å². The van der Waals surface area contributed by atoms with Gasteiger partial charge in [-0.15, -0.1) is 11.3 Å². The van der Waals surface area contributed by atoms with Gasteiger partial charge in [0, 0.05) is 5.92 Å². The number of hydrogen-bond acceptors (Lipinski definition) is 5. The summed E-state index contributed by atoms with van der Waals surface area (Å²) in [5.74, 6) is -1.11. The molecule has 2 N–H and O–H groups in total. The summed E-state index contributed by atoms with van der Waals surface area (Å²) in [7, 11) is 0. The van der Waals surface area contributed by atoms with Crippen molar-refractivity contribution in [1.82, 2.24) is 4.98 Å². The van der Waals surface area contributed by atoms with Crippen molar-refractivity contribution in [2.45, 2.75) is 31.6 Å². The van der Waals surface area contributed by atoms with Crippen molar-refractivity contribution in [2.24, 2.45) is 11.7 Å². The molecule has 22 heavy (non-hydrogen) atoms. The summed E-state index contributed by atoms with van der Waals surface area (Å²) in [6.45, 7) is -0.345. The second-order valence-electron chi connectivity index (χ2n) is 5.59. The second kappa shape index (κ2) is 6.44. The van der Waals surface area contributed by atoms with Gasteiger partial charge in [0.05, 0.1) is 21.1 Å². The van der Waals surface area contributed by atoms with Crippen LogP contribution in [-0.4, -0.2) is 23.5 Å². The van der Waals surface area contributed by atoms with E-state index in [4.69, 9.17) is 10.5 Å². The van der Waals surface area contributed by atoms with E-state index in [1.165, 1.54) is 0 Å². The van der Waals surface area contributed by atoms with Crippen LogP contribution in [0.15, 0.2) is 24.3 Å². The van der Waals surface area contributed by atoms with E-state index in [-0.39, 0.29) is 24.4 Å². The molecule has 0 spiro atoms. The van der Waals surface area contributed by atoms with E-state index in [1.54, 1.807) is 11.3 Å². The number of nitrogens with zero attached hydrogens (tertiary/aromatic N) is 1. The Kier molecular flexibility index (Phi) is 4.38. The van der Waals surface area contributed by atoms with Gasteiger partial charge in [0.1, 0.15) is 0 Å². The van der Waals surface area contributed by atoms with E-state index in [0.29, 0.717) is 0 Å². The summed E-state index contributed by atoms with van der Waals surface area (Å²) in [6.07, 6.45) is 3.78. The third-order valence-electron chi connectivity index (χ3n) is 4.05. The van der Waals surface area contributed by atoms with Gasteiger partial charge in [-0.2, -0.15) is 0 Å². The Bertz CT molecular complexity index is 665. The number of aromatic nitrogens is 1. The first-order valence-corrected chi connectivity index (χ1v) is 8.27. The smallest absolute Gasteiger partial charge is 0.310 e. The Labute approximate surface area is 132 Å². The lowest BCUT2D eigenvalue weighted by Crippen LogP contribution is -2.30. The maximum absolute atomic E-state index is 12.2. The van der Waals surface area contributed by atoms with Gasteiger partial charge in [-0.05, 0) is 25.0 Å². The fourth-order valence-corrected chi connectivity index (χ4v) is 4.17. The van der Waals surface area contributed by atoms with E-state index >= 15 is 0 Å². The molecular formula is C16H18N2O3S. The van der Waals surface area contributed by atoms with Gasteiger partial charge >= 0.3 is 5.97 Å². The predicted octanol–water partition coefficient (Wildman–Crippen LogP) is 2.60. The molecular weight excluding hydrogens is 300 g/mol. The number of ether oxygens (including phenoxy) is 1. The Morgan fingerprint density at radius 1 is 1.27 bits per heavy atom. The van der Waals surface area contributed by atoms with Crippen molar-refractivity contribution in [3.8, 4) is 0 Å². The fraction of sp³-hybridized carbons (Fsp3) is 0.438. The van der Waals surface area contributed by atoms with Crippen LogP contribution < -0.4 is 5.73 Å². The maximum atomic E-state index is 12.2. The molecule has 0 radical (unpaired) electrons. The lowest BCUT2D eigenvalue weighted by Gasteiger charge is -2.28. The van der Waals surface area contributed by atoms with E-state index in [9.17, 15) is 9.59 Å². The number of benzene rings is 1. The Morgan fingerprint density at radius 2 is 2.05 bits per heavy atom. The van der Waals surface area contributed by atoms with Gasteiger partial charge in [0.25, 0.3) is 5.91 Å². The topological polar surface area (TPSA) is 82.3 Å². The van der Waals surface area contributed by atoms with Crippen molar-refractivity contribution < 1.29 is 14.3 Å². The van der Waals surface area contributed by atoms with Crippen molar-refractivity contribution in [2.75, 3.05) is 6.61 Å². The molecule has 1 amide bonds. The molecule has 1 heterocycles. The summed E-state index contributed by atoms with van der Waals surface area (Å²) in [4.78, 5) is 27.7. The van der Waals surface area contributed by atoms with Gasteiger partial charge in [-0.3, -0.25) is 9.59 Å². The lowest BCUT2D eigenvalue weighted by atomic mass is 9.79. The van der Waals surface area contributed by atoms with Gasteiger partial charge in [-0.1, -0.05) is 25.0 Å². The van der Waals surface area contributed by atoms with Crippen LogP contribution in [0, 0.1) is 5.92 Å². The molecule has 2 aromatic rings. The molecule has 0 aliphatic heterocycles. The number of nitrogens with two attached hydrogens (primary N) is 1. The predicted molar refractivity (Wildman–Crippen MR) is 84.5 cm³/mol. The molecule has 1 aromatic carbocycles. The number of fused-ring (bicyclic) bond motifs is 1. The largest absolute Gasteiger partial charge is 0.455 e. The van der Waals surface area contributed by atoms with E-state index in [1.807, 2.05) is 24.3 Å². The van der Waals surface area contributed by atoms with E-state index in [0.717, 1.165) is 40.9 Å². The summed E-state index contributed by atoms with van der Waals surface area (Å²) in [5, 5.41) is 0.988. The van der Waals surface area contributed by atoms with Crippen LogP contribution in [0.3, 0.4) is 0 Å². The number of carbonyl (C=O) groups is 2. The first-order chi connectivity index (χ1) is 10.6. The van der Waals surface area contributed by atoms with Crippen molar-refractivity contribution >= 4 is 33.4 Å². The second-order valence-corrected chi connectivity index (χ2v) is 6.65. The molecule has 1 aliphatic rings. The van der Waals surface area contributed by atoms with Crippen LogP contribution in [0.4, 0.5) is 0 Å². The van der Waals surface area contributed by atoms with Crippen LogP contribution in [0.25, 0.3) is 10.2 Å². The fourth-order valence-electron chi connectivity index (χ4n) is 3.01. The average Bonchev–Trinajstić information content (AvgIpc) is 2.96. The van der Waals surface area contributed by atoms with Crippen molar-refractivity contribution in [3.63, 3.8) is 0 Å². The number of hydrogen-bond donors (Lipinski definition) is 1. The molecule has 0 unspecified atom stereocenters. The van der Waals surface area contributed by atoms with Crippen LogP contribution in [0.5, 0.6) is 0 Å². The highest BCUT2D eigenvalue weighted by molar-refractivity contribution is 7.18. The van der Waals surface area contributed by atoms with Gasteiger partial charge < -0.3 is 10.5 Å². The SMILES string of the molecule is NC(=O)COC(=O)[C@@H]1CCCC[C@@H]1c1nc2ccccc2s1. The van der Waals surface area contributed by atoms with Gasteiger partial charge in [0.15, 0.2) is 6.61 Å². The Balaban J connectivity index is 1.82. The molecule has 1 saturated carbocycles. The number of thiazole rings is 1. The first-order valence-electron chi connectivity index (χ1n) is 7.45. The molecule has 1 aliphatic carbocycles. The highest BCUT2D eigenvalue weighted by Crippen LogP contribution is 2.41. The molecule has 3 rings (SSSR count). The molecule has 5 nitrogen and oxygen atoms in total. The molecule has 0 saturated heterocycles. The molecule has 1 aromatic heterocycles. The zero-order valence-corrected chi connectivity index (χ0v) is 13.0. The number of carbonyl (C=O) groups excluding carboxylic acids is 2. The summed E-state index contributed by atoms with van der Waals surface area (Å²) >= 11 is 1.64. The van der Waals surface area contributed by atoms with Gasteiger partial charge in [0.2, 0.25) is 0 Å². The molecule has 6 heteroatoms. The molecule has 116 valence electrons. The third kappa shape index (κ3) is 3.11. The summed E-state index contributed by atoms with van der Waals surface area (Å²) in [5.41, 5.74) is 6.01. The highest BCUT2D eigenvalue weighted by atomic mass is 32.1.